The van der Waals surface area contributed by atoms with Crippen LogP contribution in [-0.4, -0.2) is 41.3 Å². The summed E-state index contributed by atoms with van der Waals surface area (Å²) in [6.07, 6.45) is 5.51. The van der Waals surface area contributed by atoms with Gasteiger partial charge in [-0.15, -0.1) is 24.8 Å². The number of methoxy groups -OCH3 is 1. The molecule has 8 heteroatoms. The fourth-order valence-corrected chi connectivity index (χ4v) is 2.98. The summed E-state index contributed by atoms with van der Waals surface area (Å²) >= 11 is 0. The molecule has 2 heterocycles. The molecule has 0 bridgehead atoms. The van der Waals surface area contributed by atoms with Crippen LogP contribution < -0.4 is 10.6 Å². The Balaban J connectivity index is 0.00000169. The van der Waals surface area contributed by atoms with Crippen molar-refractivity contribution in [1.29, 1.82) is 0 Å². The van der Waals surface area contributed by atoms with Crippen molar-refractivity contribution in [2.45, 2.75) is 38.1 Å². The van der Waals surface area contributed by atoms with Gasteiger partial charge in [0.25, 0.3) is 0 Å². The Bertz CT molecular complexity index is 666. The predicted molar refractivity (Wildman–Crippen MR) is 106 cm³/mol. The lowest BCUT2D eigenvalue weighted by Gasteiger charge is -2.12. The third-order valence-corrected chi connectivity index (χ3v) is 4.45. The summed E-state index contributed by atoms with van der Waals surface area (Å²) in [6, 6.07) is 10.2. The van der Waals surface area contributed by atoms with E-state index in [4.69, 9.17) is 4.74 Å². The number of hydrogen-bond donors (Lipinski definition) is 2. The molecular formula is C18H26Cl2N4O2. The Morgan fingerprint density at radius 3 is 2.81 bits per heavy atom. The van der Waals surface area contributed by atoms with Crippen LogP contribution in [0.15, 0.2) is 42.7 Å². The molecule has 1 amide bonds. The van der Waals surface area contributed by atoms with Gasteiger partial charge in [0.15, 0.2) is 0 Å². The molecule has 1 aliphatic heterocycles. The van der Waals surface area contributed by atoms with Crippen LogP contribution in [0.25, 0.3) is 0 Å². The highest BCUT2D eigenvalue weighted by Gasteiger charge is 2.29. The average Bonchev–Trinajstić information content (AvgIpc) is 3.28. The molecule has 1 fully saturated rings. The largest absolute Gasteiger partial charge is 0.380 e. The van der Waals surface area contributed by atoms with Gasteiger partial charge in [-0.25, -0.2) is 4.98 Å². The van der Waals surface area contributed by atoms with Gasteiger partial charge >= 0.3 is 0 Å². The molecule has 2 aromatic rings. The van der Waals surface area contributed by atoms with Gasteiger partial charge in [-0.1, -0.05) is 30.3 Å². The second-order valence-electron chi connectivity index (χ2n) is 6.04. The predicted octanol–water partition coefficient (Wildman–Crippen LogP) is 1.96. The van der Waals surface area contributed by atoms with Gasteiger partial charge in [-0.05, 0) is 18.4 Å². The minimum Gasteiger partial charge on any atom is -0.380 e. The minimum absolute atomic E-state index is 0. The Morgan fingerprint density at radius 2 is 2.12 bits per heavy atom. The SMILES string of the molecule is CO[C@@H]1CN[C@H](C(=O)NCc2nccn2CCc2ccccc2)C1.Cl.Cl. The highest BCUT2D eigenvalue weighted by molar-refractivity contribution is 5.85. The number of halogens is 2. The van der Waals surface area contributed by atoms with Crippen molar-refractivity contribution in [2.75, 3.05) is 13.7 Å². The number of carbonyl (C=O) groups excluding carboxylic acids is 1. The number of rotatable bonds is 7. The fourth-order valence-electron chi connectivity index (χ4n) is 2.98. The summed E-state index contributed by atoms with van der Waals surface area (Å²) in [5.74, 6) is 0.882. The molecule has 144 valence electrons. The lowest BCUT2D eigenvalue weighted by Crippen LogP contribution is -2.40. The molecule has 0 unspecified atom stereocenters. The Morgan fingerprint density at radius 1 is 1.35 bits per heavy atom. The van der Waals surface area contributed by atoms with Crippen molar-refractivity contribution < 1.29 is 9.53 Å². The lowest BCUT2D eigenvalue weighted by molar-refractivity contribution is -0.123. The van der Waals surface area contributed by atoms with Crippen LogP contribution in [0.5, 0.6) is 0 Å². The smallest absolute Gasteiger partial charge is 0.237 e. The van der Waals surface area contributed by atoms with Crippen molar-refractivity contribution in [1.82, 2.24) is 20.2 Å². The summed E-state index contributed by atoms with van der Waals surface area (Å²) < 4.78 is 7.37. The molecular weight excluding hydrogens is 375 g/mol. The van der Waals surface area contributed by atoms with E-state index in [0.717, 1.165) is 25.3 Å². The molecule has 0 spiro atoms. The third kappa shape index (κ3) is 5.99. The number of amides is 1. The second-order valence-corrected chi connectivity index (χ2v) is 6.04. The van der Waals surface area contributed by atoms with E-state index < -0.39 is 0 Å². The number of ether oxygens (including phenoxy) is 1. The zero-order valence-electron chi connectivity index (χ0n) is 14.8. The summed E-state index contributed by atoms with van der Waals surface area (Å²) in [5, 5.41) is 6.15. The summed E-state index contributed by atoms with van der Waals surface area (Å²) in [7, 11) is 1.68. The maximum atomic E-state index is 12.2. The number of benzene rings is 1. The number of imidazole rings is 1. The molecule has 1 aromatic carbocycles. The van der Waals surface area contributed by atoms with E-state index in [1.54, 1.807) is 13.3 Å². The maximum Gasteiger partial charge on any atom is 0.237 e. The molecule has 1 saturated heterocycles. The van der Waals surface area contributed by atoms with E-state index in [2.05, 4.69) is 32.3 Å². The van der Waals surface area contributed by atoms with Gasteiger partial charge < -0.3 is 19.9 Å². The van der Waals surface area contributed by atoms with Crippen LogP contribution in [0.3, 0.4) is 0 Å². The topological polar surface area (TPSA) is 68.2 Å². The number of carbonyl (C=O) groups is 1. The zero-order chi connectivity index (χ0) is 16.8. The van der Waals surface area contributed by atoms with Crippen LogP contribution >= 0.6 is 24.8 Å². The number of aryl methyl sites for hydroxylation is 2. The fraction of sp³-hybridized carbons (Fsp3) is 0.444. The van der Waals surface area contributed by atoms with Crippen LogP contribution in [-0.2, 0) is 29.0 Å². The zero-order valence-corrected chi connectivity index (χ0v) is 16.4. The van der Waals surface area contributed by atoms with Crippen molar-refractivity contribution in [2.24, 2.45) is 0 Å². The molecule has 26 heavy (non-hydrogen) atoms. The van der Waals surface area contributed by atoms with Gasteiger partial charge in [0, 0.05) is 32.6 Å². The van der Waals surface area contributed by atoms with E-state index in [1.807, 2.05) is 24.4 Å². The van der Waals surface area contributed by atoms with Gasteiger partial charge in [0.2, 0.25) is 5.91 Å². The first kappa shape index (κ1) is 22.4. The van der Waals surface area contributed by atoms with Crippen LogP contribution in [0, 0.1) is 0 Å². The molecule has 1 aromatic heterocycles. The number of nitrogens with one attached hydrogen (secondary N) is 2. The first-order chi connectivity index (χ1) is 11.8. The standard InChI is InChI=1S/C18H24N4O2.2ClH/c1-24-15-11-16(20-12-15)18(23)21-13-17-19-8-10-22(17)9-7-14-5-3-2-4-6-14;;/h2-6,8,10,15-16,20H,7,9,11-13H2,1H3,(H,21,23);2*1H/t15-,16-;;/m0../s1. The van der Waals surface area contributed by atoms with Crippen molar-refractivity contribution in [3.8, 4) is 0 Å². The van der Waals surface area contributed by atoms with E-state index >= 15 is 0 Å². The molecule has 1 aliphatic rings. The molecule has 0 aliphatic carbocycles. The molecule has 2 N–H and O–H groups in total. The van der Waals surface area contributed by atoms with Gasteiger partial charge in [0.05, 0.1) is 18.7 Å². The second kappa shape index (κ2) is 11.2. The van der Waals surface area contributed by atoms with E-state index in [-0.39, 0.29) is 42.9 Å². The van der Waals surface area contributed by atoms with Crippen LogP contribution in [0.4, 0.5) is 0 Å². The monoisotopic (exact) mass is 400 g/mol. The number of nitrogens with zero attached hydrogens (tertiary/aromatic N) is 2. The number of hydrogen-bond acceptors (Lipinski definition) is 4. The summed E-state index contributed by atoms with van der Waals surface area (Å²) in [4.78, 5) is 16.6. The molecule has 3 rings (SSSR count). The van der Waals surface area contributed by atoms with Crippen LogP contribution in [0.2, 0.25) is 0 Å². The minimum atomic E-state index is -0.178. The van der Waals surface area contributed by atoms with Gasteiger partial charge in [-0.2, -0.15) is 0 Å². The quantitative estimate of drug-likeness (QED) is 0.745. The molecule has 6 nitrogen and oxygen atoms in total. The first-order valence-electron chi connectivity index (χ1n) is 8.34. The lowest BCUT2D eigenvalue weighted by atomic mass is 10.1. The van der Waals surface area contributed by atoms with E-state index in [1.165, 1.54) is 5.56 Å². The normalized spacial score (nSPS) is 18.7. The first-order valence-corrected chi connectivity index (χ1v) is 8.34. The van der Waals surface area contributed by atoms with E-state index in [0.29, 0.717) is 13.0 Å². The van der Waals surface area contributed by atoms with Gasteiger partial charge in [-0.3, -0.25) is 4.79 Å². The Kier molecular flexibility index (Phi) is 9.65. The summed E-state index contributed by atoms with van der Waals surface area (Å²) in [5.41, 5.74) is 1.29. The van der Waals surface area contributed by atoms with Crippen LogP contribution in [0.1, 0.15) is 17.8 Å². The van der Waals surface area contributed by atoms with Crippen molar-refractivity contribution in [3.63, 3.8) is 0 Å². The maximum absolute atomic E-state index is 12.2. The van der Waals surface area contributed by atoms with Gasteiger partial charge in [0.1, 0.15) is 5.82 Å². The third-order valence-electron chi connectivity index (χ3n) is 4.45. The van der Waals surface area contributed by atoms with Crippen molar-refractivity contribution >= 4 is 30.7 Å². The summed E-state index contributed by atoms with van der Waals surface area (Å²) in [6.45, 7) is 2.01. The van der Waals surface area contributed by atoms with Crippen molar-refractivity contribution in [3.05, 3.63) is 54.1 Å². The molecule has 2 atom stereocenters. The number of aromatic nitrogens is 2. The Hall–Kier alpha value is -1.60. The highest BCUT2D eigenvalue weighted by atomic mass is 35.5. The van der Waals surface area contributed by atoms with E-state index in [9.17, 15) is 4.79 Å². The Labute approximate surface area is 166 Å². The molecule has 0 radical (unpaired) electrons. The highest BCUT2D eigenvalue weighted by Crippen LogP contribution is 2.10. The average molecular weight is 401 g/mol. The molecule has 0 saturated carbocycles.